The quantitative estimate of drug-likeness (QED) is 0.381. The fraction of sp³-hybridized carbons (Fsp3) is 0.433. The molecule has 2 aromatic rings. The predicted molar refractivity (Wildman–Crippen MR) is 156 cm³/mol. The van der Waals surface area contributed by atoms with Gasteiger partial charge in [-0.1, -0.05) is 126 Å². The molecule has 1 amide bonds. The van der Waals surface area contributed by atoms with Gasteiger partial charge in [-0.25, -0.2) is 0 Å². The van der Waals surface area contributed by atoms with E-state index in [9.17, 15) is 4.79 Å². The van der Waals surface area contributed by atoms with Crippen molar-refractivity contribution in [2.24, 2.45) is 11.1 Å². The Labute approximate surface area is 224 Å². The van der Waals surface area contributed by atoms with Crippen LogP contribution in [-0.4, -0.2) is 26.4 Å². The molecule has 2 atom stereocenters. The van der Waals surface area contributed by atoms with Crippen molar-refractivity contribution in [3.05, 3.63) is 84.0 Å². The van der Waals surface area contributed by atoms with Crippen LogP contribution in [0.2, 0.25) is 5.04 Å². The molecular formula is C30H43ClN2O2Si. The number of hydrogen-bond acceptors (Lipinski definition) is 3. The first-order valence-electron chi connectivity index (χ1n) is 12.6. The monoisotopic (exact) mass is 526 g/mol. The number of hydrogen-bond donors (Lipinski definition) is 2. The maximum atomic E-state index is 12.4. The highest BCUT2D eigenvalue weighted by Crippen LogP contribution is 2.38. The summed E-state index contributed by atoms with van der Waals surface area (Å²) >= 11 is 6.23. The first-order chi connectivity index (χ1) is 16.8. The Hall–Kier alpha value is -2.18. The molecule has 2 aromatic carbocycles. The molecule has 0 fully saturated rings. The molecule has 0 unspecified atom stereocenters. The molecule has 0 saturated heterocycles. The molecule has 6 heteroatoms. The summed E-state index contributed by atoms with van der Waals surface area (Å²) in [6.45, 7) is 14.5. The van der Waals surface area contributed by atoms with Crippen LogP contribution in [0.3, 0.4) is 0 Å². The molecule has 0 heterocycles. The molecule has 0 aliphatic carbocycles. The largest absolute Gasteiger partial charge is 0.404 e. The van der Waals surface area contributed by atoms with Gasteiger partial charge < -0.3 is 15.5 Å². The van der Waals surface area contributed by atoms with Crippen molar-refractivity contribution in [1.82, 2.24) is 5.32 Å². The van der Waals surface area contributed by atoms with Gasteiger partial charge in [0.2, 0.25) is 5.91 Å². The van der Waals surface area contributed by atoms with Crippen LogP contribution in [0.15, 0.2) is 84.0 Å². The van der Waals surface area contributed by atoms with Gasteiger partial charge in [0.25, 0.3) is 8.32 Å². The standard InChI is InChI=1S/C30H43ClN2O2Si/c1-23(31)20-21-24(15-14-22-33-28(34)27(32)29(2,3)4)35-36(30(5,6)7,25-16-10-8-11-17-25)26-18-12-9-13-19-26/h8-14,16-20,22,24,27H,15,21,32H2,1-7H3,(H,33,34)/b22-14-,23-20+/t24-,27-/m1/s1. The number of carbonyl (C=O) groups is 1. The topological polar surface area (TPSA) is 64.4 Å². The van der Waals surface area contributed by atoms with Crippen molar-refractivity contribution in [2.75, 3.05) is 0 Å². The molecule has 0 aromatic heterocycles. The van der Waals surface area contributed by atoms with E-state index < -0.39 is 14.4 Å². The maximum absolute atomic E-state index is 12.4. The summed E-state index contributed by atoms with van der Waals surface area (Å²) in [6.07, 6.45) is 6.80. The van der Waals surface area contributed by atoms with E-state index in [0.717, 1.165) is 5.03 Å². The van der Waals surface area contributed by atoms with Gasteiger partial charge in [-0.2, -0.15) is 0 Å². The number of nitrogens with one attached hydrogen (secondary N) is 1. The van der Waals surface area contributed by atoms with E-state index in [1.165, 1.54) is 10.4 Å². The van der Waals surface area contributed by atoms with E-state index in [2.05, 4.69) is 74.6 Å². The highest BCUT2D eigenvalue weighted by molar-refractivity contribution is 6.99. The van der Waals surface area contributed by atoms with Crippen LogP contribution >= 0.6 is 11.6 Å². The molecular weight excluding hydrogens is 484 g/mol. The van der Waals surface area contributed by atoms with Crippen molar-refractivity contribution in [3.8, 4) is 0 Å². The molecule has 0 aliphatic heterocycles. The minimum absolute atomic E-state index is 0.130. The van der Waals surface area contributed by atoms with Gasteiger partial charge in [0, 0.05) is 5.03 Å². The Morgan fingerprint density at radius 2 is 1.47 bits per heavy atom. The van der Waals surface area contributed by atoms with Gasteiger partial charge in [0.05, 0.1) is 12.1 Å². The Bertz CT molecular complexity index is 981. The first-order valence-corrected chi connectivity index (χ1v) is 14.9. The molecule has 0 saturated carbocycles. The van der Waals surface area contributed by atoms with E-state index in [-0.39, 0.29) is 22.5 Å². The van der Waals surface area contributed by atoms with Crippen molar-refractivity contribution < 1.29 is 9.22 Å². The SMILES string of the molecule is C/C(Cl)=C\C[C@@H](C/C=C\NC(=O)[C@@H](N)C(C)(C)C)O[Si](c1ccccc1)(c1ccccc1)C(C)(C)C. The third-order valence-electron chi connectivity index (χ3n) is 6.38. The highest BCUT2D eigenvalue weighted by atomic mass is 35.5. The molecule has 0 radical (unpaired) electrons. The fourth-order valence-electron chi connectivity index (χ4n) is 4.27. The maximum Gasteiger partial charge on any atom is 0.261 e. The molecule has 3 N–H and O–H groups in total. The number of allylic oxidation sites excluding steroid dienone is 1. The van der Waals surface area contributed by atoms with E-state index in [1.807, 2.05) is 52.0 Å². The fourth-order valence-corrected chi connectivity index (χ4v) is 9.07. The summed E-state index contributed by atoms with van der Waals surface area (Å²) in [6, 6.07) is 20.6. The minimum atomic E-state index is -2.72. The third-order valence-corrected chi connectivity index (χ3v) is 11.6. The number of halogens is 1. The van der Waals surface area contributed by atoms with Crippen LogP contribution in [0.4, 0.5) is 0 Å². The van der Waals surface area contributed by atoms with Crippen LogP contribution in [0.5, 0.6) is 0 Å². The Balaban J connectivity index is 2.43. The zero-order chi connectivity index (χ0) is 27.0. The van der Waals surface area contributed by atoms with E-state index in [0.29, 0.717) is 12.8 Å². The van der Waals surface area contributed by atoms with E-state index in [4.69, 9.17) is 21.8 Å². The second-order valence-electron chi connectivity index (χ2n) is 11.4. The third kappa shape index (κ3) is 7.91. The zero-order valence-corrected chi connectivity index (χ0v) is 24.6. The highest BCUT2D eigenvalue weighted by Gasteiger charge is 2.51. The van der Waals surface area contributed by atoms with Crippen LogP contribution in [-0.2, 0) is 9.22 Å². The van der Waals surface area contributed by atoms with Gasteiger partial charge >= 0.3 is 0 Å². The summed E-state index contributed by atoms with van der Waals surface area (Å²) < 4.78 is 7.28. The second-order valence-corrected chi connectivity index (χ2v) is 16.3. The zero-order valence-electron chi connectivity index (χ0n) is 22.8. The lowest BCUT2D eigenvalue weighted by Crippen LogP contribution is -2.67. The van der Waals surface area contributed by atoms with E-state index in [1.54, 1.807) is 6.20 Å². The first kappa shape index (κ1) is 30.0. The minimum Gasteiger partial charge on any atom is -0.404 e. The molecule has 0 bridgehead atoms. The Morgan fingerprint density at radius 3 is 1.89 bits per heavy atom. The van der Waals surface area contributed by atoms with Gasteiger partial charge in [0.1, 0.15) is 0 Å². The number of benzene rings is 2. The van der Waals surface area contributed by atoms with Crippen molar-refractivity contribution >= 4 is 36.2 Å². The van der Waals surface area contributed by atoms with Crippen LogP contribution in [0.25, 0.3) is 0 Å². The number of carbonyl (C=O) groups excluding carboxylic acids is 1. The number of rotatable bonds is 10. The Morgan fingerprint density at radius 1 is 0.972 bits per heavy atom. The summed E-state index contributed by atoms with van der Waals surface area (Å²) in [5, 5.41) is 5.90. The summed E-state index contributed by atoms with van der Waals surface area (Å²) in [5.41, 5.74) is 5.78. The molecule has 36 heavy (non-hydrogen) atoms. The molecule has 4 nitrogen and oxygen atoms in total. The van der Waals surface area contributed by atoms with Gasteiger partial charge in [-0.3, -0.25) is 4.79 Å². The van der Waals surface area contributed by atoms with Crippen molar-refractivity contribution in [1.29, 1.82) is 0 Å². The molecule has 2 rings (SSSR count). The molecule has 0 spiro atoms. The average molecular weight is 527 g/mol. The second kappa shape index (κ2) is 12.9. The van der Waals surface area contributed by atoms with Gasteiger partial charge in [-0.15, -0.1) is 0 Å². The van der Waals surface area contributed by atoms with E-state index >= 15 is 0 Å². The summed E-state index contributed by atoms with van der Waals surface area (Å²) in [7, 11) is -2.72. The average Bonchev–Trinajstić information content (AvgIpc) is 2.82. The normalized spacial score (nSPS) is 15.1. The summed E-state index contributed by atoms with van der Waals surface area (Å²) in [4.78, 5) is 12.4. The lowest BCUT2D eigenvalue weighted by Gasteiger charge is -2.45. The van der Waals surface area contributed by atoms with Crippen LogP contribution in [0, 0.1) is 5.41 Å². The summed E-state index contributed by atoms with van der Waals surface area (Å²) in [5.74, 6) is -0.195. The predicted octanol–water partition coefficient (Wildman–Crippen LogP) is 5.86. The lowest BCUT2D eigenvalue weighted by molar-refractivity contribution is -0.123. The molecule has 196 valence electrons. The van der Waals surface area contributed by atoms with Crippen molar-refractivity contribution in [2.45, 2.75) is 78.5 Å². The smallest absolute Gasteiger partial charge is 0.261 e. The number of amides is 1. The number of nitrogens with two attached hydrogens (primary N) is 1. The van der Waals surface area contributed by atoms with Crippen LogP contribution in [0.1, 0.15) is 61.3 Å². The Kier molecular flexibility index (Phi) is 10.7. The van der Waals surface area contributed by atoms with Crippen LogP contribution < -0.4 is 21.4 Å². The van der Waals surface area contributed by atoms with Gasteiger partial charge in [-0.05, 0) is 46.8 Å². The van der Waals surface area contributed by atoms with Gasteiger partial charge in [0.15, 0.2) is 0 Å². The van der Waals surface area contributed by atoms with Crippen molar-refractivity contribution in [3.63, 3.8) is 0 Å². The lowest BCUT2D eigenvalue weighted by atomic mass is 9.87. The molecule has 0 aliphatic rings.